The Kier molecular flexibility index (Phi) is 8.45. The highest BCUT2D eigenvalue weighted by Gasteiger charge is 2.24. The summed E-state index contributed by atoms with van der Waals surface area (Å²) in [6.45, 7) is 6.17. The number of nitrogens with two attached hydrogens (primary N) is 1. The topological polar surface area (TPSA) is 88.5 Å². The van der Waals surface area contributed by atoms with E-state index in [0.29, 0.717) is 24.1 Å². The van der Waals surface area contributed by atoms with E-state index in [0.717, 1.165) is 17.8 Å². The number of hydrogen-bond acceptors (Lipinski definition) is 4. The molecule has 0 spiro atoms. The maximum absolute atomic E-state index is 14.8. The summed E-state index contributed by atoms with van der Waals surface area (Å²) in [6.07, 6.45) is 0.610. The molecular formula is C22H29F3N6O. The molecule has 0 fully saturated rings. The van der Waals surface area contributed by atoms with Crippen molar-refractivity contribution in [1.29, 1.82) is 0 Å². The Morgan fingerprint density at radius 2 is 2.00 bits per heavy atom. The molecule has 0 bridgehead atoms. The lowest BCUT2D eigenvalue weighted by atomic mass is 10.0. The van der Waals surface area contributed by atoms with Crippen LogP contribution in [-0.2, 0) is 11.8 Å². The zero-order valence-electron chi connectivity index (χ0n) is 18.9. The summed E-state index contributed by atoms with van der Waals surface area (Å²) in [5.41, 5.74) is 7.17. The van der Waals surface area contributed by atoms with Gasteiger partial charge >= 0.3 is 0 Å². The lowest BCUT2D eigenvalue weighted by Gasteiger charge is -2.29. The number of amides is 1. The highest BCUT2D eigenvalue weighted by Crippen LogP contribution is 2.36. The van der Waals surface area contributed by atoms with Crippen molar-refractivity contribution in [2.24, 2.45) is 17.8 Å². The number of nitrogens with one attached hydrogen (secondary N) is 1. The molecule has 1 aromatic heterocycles. The molecule has 2 heterocycles. The third-order valence-electron chi connectivity index (χ3n) is 5.01. The molecule has 1 aliphatic rings. The third-order valence-corrected chi connectivity index (χ3v) is 5.01. The molecule has 1 aliphatic heterocycles. The molecule has 1 aromatic carbocycles. The van der Waals surface area contributed by atoms with Crippen LogP contribution < -0.4 is 11.1 Å². The number of benzene rings is 1. The first-order chi connectivity index (χ1) is 15.2. The molecule has 32 heavy (non-hydrogen) atoms. The zero-order valence-corrected chi connectivity index (χ0v) is 18.9. The second kappa shape index (κ2) is 10.8. The molecule has 10 heteroatoms. The fourth-order valence-corrected chi connectivity index (χ4v) is 3.40. The van der Waals surface area contributed by atoms with Crippen LogP contribution in [0.3, 0.4) is 0 Å². The van der Waals surface area contributed by atoms with Crippen molar-refractivity contribution in [2.45, 2.75) is 33.6 Å². The van der Waals surface area contributed by atoms with Crippen LogP contribution in [0.25, 0.3) is 11.1 Å². The average molecular weight is 451 g/mol. The number of rotatable bonds is 5. The van der Waals surface area contributed by atoms with Crippen LogP contribution >= 0.6 is 0 Å². The lowest BCUT2D eigenvalue weighted by molar-refractivity contribution is -0.128. The van der Waals surface area contributed by atoms with Gasteiger partial charge in [-0.25, -0.2) is 18.2 Å². The predicted molar refractivity (Wildman–Crippen MR) is 119 cm³/mol. The van der Waals surface area contributed by atoms with Crippen LogP contribution in [0.2, 0.25) is 0 Å². The van der Waals surface area contributed by atoms with Crippen molar-refractivity contribution in [3.8, 4) is 11.1 Å². The molecule has 0 atom stereocenters. The summed E-state index contributed by atoms with van der Waals surface area (Å²) in [5, 5.41) is 6.97. The number of carbonyl (C=O) groups is 1. The number of nitrogens with zero attached hydrogens (tertiary/aromatic N) is 4. The quantitative estimate of drug-likeness (QED) is 0.534. The molecule has 0 unspecified atom stereocenters. The minimum atomic E-state index is -2.84. The van der Waals surface area contributed by atoms with Crippen molar-refractivity contribution >= 4 is 17.4 Å². The Hall–Kier alpha value is -3.30. The smallest absolute Gasteiger partial charge is 0.264 e. The van der Waals surface area contributed by atoms with E-state index in [4.69, 9.17) is 5.73 Å². The van der Waals surface area contributed by atoms with Crippen LogP contribution in [0.15, 0.2) is 40.8 Å². The number of aryl methyl sites for hydroxylation is 1. The van der Waals surface area contributed by atoms with E-state index in [9.17, 15) is 18.0 Å². The molecule has 7 nitrogen and oxygen atoms in total. The molecule has 0 saturated heterocycles. The van der Waals surface area contributed by atoms with Gasteiger partial charge in [0.1, 0.15) is 17.3 Å². The van der Waals surface area contributed by atoms with Crippen molar-refractivity contribution in [1.82, 2.24) is 20.0 Å². The maximum atomic E-state index is 14.8. The van der Waals surface area contributed by atoms with Crippen LogP contribution in [0.4, 0.5) is 18.9 Å². The number of hydrogen-bond donors (Lipinski definition) is 2. The van der Waals surface area contributed by atoms with Crippen molar-refractivity contribution in [3.63, 3.8) is 0 Å². The molecule has 174 valence electrons. The van der Waals surface area contributed by atoms with Gasteiger partial charge in [-0.3, -0.25) is 9.48 Å². The molecular weight excluding hydrogens is 421 g/mol. The molecule has 0 aliphatic carbocycles. The van der Waals surface area contributed by atoms with Gasteiger partial charge in [0.15, 0.2) is 0 Å². The minimum Gasteiger partial charge on any atom is -0.391 e. The standard InChI is InChI=1S/C20H23F3N6O.C2H6/c1-11(30)29-5-4-17(25-2)15(10-29)20(24)27-18-7-14(19(22)23)13(6-16(18)21)12-8-26-28(3)9-12;1-2/h6-9,19,25H,4-5,10H2,1-3H3,(H2,24,27);1-2H3. The Bertz CT molecular complexity index is 1030. The molecule has 3 N–H and O–H groups in total. The van der Waals surface area contributed by atoms with Gasteiger partial charge in [0.2, 0.25) is 5.91 Å². The van der Waals surface area contributed by atoms with E-state index < -0.39 is 12.2 Å². The first-order valence-corrected chi connectivity index (χ1v) is 10.3. The molecule has 1 amide bonds. The van der Waals surface area contributed by atoms with Crippen LogP contribution in [0, 0.1) is 5.82 Å². The Labute approximate surface area is 185 Å². The first kappa shape index (κ1) is 25.0. The van der Waals surface area contributed by atoms with Gasteiger partial charge in [0.05, 0.1) is 12.7 Å². The van der Waals surface area contributed by atoms with E-state index >= 15 is 0 Å². The summed E-state index contributed by atoms with van der Waals surface area (Å²) >= 11 is 0. The normalized spacial score (nSPS) is 14.4. The second-order valence-corrected chi connectivity index (χ2v) is 6.99. The van der Waals surface area contributed by atoms with Crippen LogP contribution in [0.1, 0.15) is 39.2 Å². The van der Waals surface area contributed by atoms with E-state index in [-0.39, 0.29) is 35.1 Å². The van der Waals surface area contributed by atoms with Gasteiger partial charge in [-0.15, -0.1) is 0 Å². The fraction of sp³-hybridized carbons (Fsp3) is 0.409. The largest absolute Gasteiger partial charge is 0.391 e. The Morgan fingerprint density at radius 1 is 1.31 bits per heavy atom. The van der Waals surface area contributed by atoms with Gasteiger partial charge < -0.3 is 16.0 Å². The molecule has 3 rings (SSSR count). The van der Waals surface area contributed by atoms with E-state index in [1.807, 2.05) is 13.8 Å². The average Bonchev–Trinajstić information content (AvgIpc) is 3.21. The maximum Gasteiger partial charge on any atom is 0.264 e. The number of aromatic nitrogens is 2. The van der Waals surface area contributed by atoms with Crippen LogP contribution in [-0.4, -0.2) is 46.6 Å². The predicted octanol–water partition coefficient (Wildman–Crippen LogP) is 3.90. The van der Waals surface area contributed by atoms with E-state index in [2.05, 4.69) is 15.4 Å². The lowest BCUT2D eigenvalue weighted by Crippen LogP contribution is -2.40. The number of amidine groups is 1. The summed E-state index contributed by atoms with van der Waals surface area (Å²) in [7, 11) is 3.35. The van der Waals surface area contributed by atoms with Gasteiger partial charge in [-0.1, -0.05) is 13.8 Å². The van der Waals surface area contributed by atoms with Crippen LogP contribution in [0.5, 0.6) is 0 Å². The molecule has 2 aromatic rings. The second-order valence-electron chi connectivity index (χ2n) is 6.99. The zero-order chi connectivity index (χ0) is 24.0. The third kappa shape index (κ3) is 5.49. The number of halogens is 3. The first-order valence-electron chi connectivity index (χ1n) is 10.3. The summed E-state index contributed by atoms with van der Waals surface area (Å²) in [5.74, 6) is -0.937. The molecule has 0 saturated carbocycles. The van der Waals surface area contributed by atoms with Gasteiger partial charge in [-0.2, -0.15) is 5.10 Å². The fourth-order valence-electron chi connectivity index (χ4n) is 3.40. The number of alkyl halides is 2. The minimum absolute atomic E-state index is 0.0291. The SMILES string of the molecule is CC.CNC1=C(C(N)=Nc2cc(C(F)F)c(-c3cnn(C)c3)cc2F)CN(C(C)=O)CC1. The Morgan fingerprint density at radius 3 is 2.53 bits per heavy atom. The van der Waals surface area contributed by atoms with Gasteiger partial charge in [0.25, 0.3) is 6.43 Å². The van der Waals surface area contributed by atoms with Crippen molar-refractivity contribution in [3.05, 3.63) is 47.2 Å². The monoisotopic (exact) mass is 450 g/mol. The van der Waals surface area contributed by atoms with Crippen molar-refractivity contribution < 1.29 is 18.0 Å². The van der Waals surface area contributed by atoms with Crippen molar-refractivity contribution in [2.75, 3.05) is 20.1 Å². The van der Waals surface area contributed by atoms with E-state index in [1.54, 1.807) is 19.0 Å². The highest BCUT2D eigenvalue weighted by atomic mass is 19.3. The highest BCUT2D eigenvalue weighted by molar-refractivity contribution is 6.00. The van der Waals surface area contributed by atoms with Gasteiger partial charge in [0, 0.05) is 62.6 Å². The summed E-state index contributed by atoms with van der Waals surface area (Å²) in [4.78, 5) is 17.4. The summed E-state index contributed by atoms with van der Waals surface area (Å²) in [6, 6.07) is 2.01. The molecule has 0 radical (unpaired) electrons. The number of aliphatic imine (C=N–C) groups is 1. The Balaban J connectivity index is 0.00000176. The number of carbonyl (C=O) groups excluding carboxylic acids is 1. The summed E-state index contributed by atoms with van der Waals surface area (Å²) < 4.78 is 43.6. The van der Waals surface area contributed by atoms with Gasteiger partial charge in [-0.05, 0) is 17.7 Å². The van der Waals surface area contributed by atoms with E-state index in [1.165, 1.54) is 24.0 Å².